The lowest BCUT2D eigenvalue weighted by Gasteiger charge is -2.21. The standard InChI is InChI=1S/C13H20N2O2S/c1-11-4-3-9-15(11)18(16,17)13-7-5-12(6-8-13)10-14-2/h5-8,11,14H,3-4,9-10H2,1-2H3. The first-order valence-electron chi connectivity index (χ1n) is 6.31. The predicted molar refractivity (Wildman–Crippen MR) is 71.8 cm³/mol. The molecular weight excluding hydrogens is 248 g/mol. The van der Waals surface area contributed by atoms with Crippen molar-refractivity contribution < 1.29 is 8.42 Å². The molecule has 1 fully saturated rings. The van der Waals surface area contributed by atoms with Gasteiger partial charge in [0.1, 0.15) is 0 Å². The highest BCUT2D eigenvalue weighted by molar-refractivity contribution is 7.89. The molecule has 0 amide bonds. The number of nitrogens with one attached hydrogen (secondary N) is 1. The van der Waals surface area contributed by atoms with Crippen LogP contribution in [0, 0.1) is 0 Å². The fraction of sp³-hybridized carbons (Fsp3) is 0.538. The van der Waals surface area contributed by atoms with E-state index in [1.807, 2.05) is 26.1 Å². The first kappa shape index (κ1) is 13.5. The van der Waals surface area contributed by atoms with Crippen LogP contribution in [-0.4, -0.2) is 32.4 Å². The van der Waals surface area contributed by atoms with Gasteiger partial charge >= 0.3 is 0 Å². The molecule has 0 radical (unpaired) electrons. The summed E-state index contributed by atoms with van der Waals surface area (Å²) >= 11 is 0. The summed E-state index contributed by atoms with van der Waals surface area (Å²) in [7, 11) is -1.44. The molecule has 100 valence electrons. The number of sulfonamides is 1. The summed E-state index contributed by atoms with van der Waals surface area (Å²) in [5, 5.41) is 3.04. The second-order valence-corrected chi connectivity index (χ2v) is 6.67. The smallest absolute Gasteiger partial charge is 0.243 e. The molecule has 1 aromatic rings. The Kier molecular flexibility index (Phi) is 4.04. The van der Waals surface area contributed by atoms with Crippen LogP contribution < -0.4 is 5.32 Å². The fourth-order valence-corrected chi connectivity index (χ4v) is 4.08. The van der Waals surface area contributed by atoms with Gasteiger partial charge in [-0.25, -0.2) is 8.42 Å². The lowest BCUT2D eigenvalue weighted by molar-refractivity contribution is 0.408. The van der Waals surface area contributed by atoms with Crippen molar-refractivity contribution in [3.8, 4) is 0 Å². The van der Waals surface area contributed by atoms with Gasteiger partial charge in [-0.1, -0.05) is 12.1 Å². The van der Waals surface area contributed by atoms with Crippen molar-refractivity contribution in [2.24, 2.45) is 0 Å². The largest absolute Gasteiger partial charge is 0.316 e. The summed E-state index contributed by atoms with van der Waals surface area (Å²) in [6.45, 7) is 3.36. The van der Waals surface area contributed by atoms with E-state index in [0.717, 1.165) is 24.9 Å². The Morgan fingerprint density at radius 2 is 2.00 bits per heavy atom. The summed E-state index contributed by atoms with van der Waals surface area (Å²) in [6.07, 6.45) is 1.91. The number of benzene rings is 1. The van der Waals surface area contributed by atoms with Crippen LogP contribution in [0.4, 0.5) is 0 Å². The lowest BCUT2D eigenvalue weighted by Crippen LogP contribution is -2.33. The maximum atomic E-state index is 12.4. The van der Waals surface area contributed by atoms with E-state index in [9.17, 15) is 8.42 Å². The minimum Gasteiger partial charge on any atom is -0.316 e. The molecular formula is C13H20N2O2S. The van der Waals surface area contributed by atoms with Gasteiger partial charge in [0, 0.05) is 19.1 Å². The zero-order valence-electron chi connectivity index (χ0n) is 10.9. The third kappa shape index (κ3) is 2.58. The highest BCUT2D eigenvalue weighted by atomic mass is 32.2. The molecule has 0 spiro atoms. The fourth-order valence-electron chi connectivity index (χ4n) is 2.38. The van der Waals surface area contributed by atoms with E-state index in [-0.39, 0.29) is 6.04 Å². The van der Waals surface area contributed by atoms with Crippen molar-refractivity contribution in [1.82, 2.24) is 9.62 Å². The van der Waals surface area contributed by atoms with Gasteiger partial charge in [-0.15, -0.1) is 0 Å². The molecule has 0 aromatic heterocycles. The van der Waals surface area contributed by atoms with Crippen LogP contribution in [0.1, 0.15) is 25.3 Å². The first-order chi connectivity index (χ1) is 8.55. The minimum absolute atomic E-state index is 0.118. The van der Waals surface area contributed by atoms with Gasteiger partial charge in [0.2, 0.25) is 10.0 Å². The molecule has 18 heavy (non-hydrogen) atoms. The second-order valence-electron chi connectivity index (χ2n) is 4.78. The molecule has 1 heterocycles. The summed E-state index contributed by atoms with van der Waals surface area (Å²) in [5.41, 5.74) is 1.09. The average molecular weight is 268 g/mol. The molecule has 1 aliphatic heterocycles. The predicted octanol–water partition coefficient (Wildman–Crippen LogP) is 1.58. The first-order valence-corrected chi connectivity index (χ1v) is 7.75. The van der Waals surface area contributed by atoms with E-state index in [0.29, 0.717) is 11.4 Å². The molecule has 0 aliphatic carbocycles. The van der Waals surface area contributed by atoms with Gasteiger partial charge in [-0.05, 0) is 44.5 Å². The Labute approximate surface area is 109 Å². The van der Waals surface area contributed by atoms with Gasteiger partial charge in [0.05, 0.1) is 4.90 Å². The van der Waals surface area contributed by atoms with Crippen LogP contribution in [0.2, 0.25) is 0 Å². The minimum atomic E-state index is -3.31. The van der Waals surface area contributed by atoms with Crippen LogP contribution in [0.3, 0.4) is 0 Å². The van der Waals surface area contributed by atoms with Crippen molar-refractivity contribution in [3.63, 3.8) is 0 Å². The average Bonchev–Trinajstić information content (AvgIpc) is 2.77. The van der Waals surface area contributed by atoms with E-state index in [2.05, 4.69) is 5.32 Å². The Bertz CT molecular complexity index is 496. The van der Waals surface area contributed by atoms with Crippen molar-refractivity contribution in [3.05, 3.63) is 29.8 Å². The van der Waals surface area contributed by atoms with E-state index in [1.165, 1.54) is 0 Å². The SMILES string of the molecule is CNCc1ccc(S(=O)(=O)N2CCCC2C)cc1. The molecule has 2 rings (SSSR count). The molecule has 1 N–H and O–H groups in total. The summed E-state index contributed by atoms with van der Waals surface area (Å²) in [5.74, 6) is 0. The van der Waals surface area contributed by atoms with Gasteiger partial charge < -0.3 is 5.32 Å². The molecule has 1 atom stereocenters. The summed E-state index contributed by atoms with van der Waals surface area (Å²) in [4.78, 5) is 0.399. The van der Waals surface area contributed by atoms with E-state index in [4.69, 9.17) is 0 Å². The number of nitrogens with zero attached hydrogens (tertiary/aromatic N) is 1. The quantitative estimate of drug-likeness (QED) is 0.902. The lowest BCUT2D eigenvalue weighted by atomic mass is 10.2. The zero-order chi connectivity index (χ0) is 13.2. The highest BCUT2D eigenvalue weighted by Gasteiger charge is 2.32. The van der Waals surface area contributed by atoms with Crippen LogP contribution in [0.15, 0.2) is 29.2 Å². The van der Waals surface area contributed by atoms with Crippen LogP contribution in [0.5, 0.6) is 0 Å². The number of hydrogen-bond donors (Lipinski definition) is 1. The van der Waals surface area contributed by atoms with Crippen molar-refractivity contribution >= 4 is 10.0 Å². The van der Waals surface area contributed by atoms with Crippen LogP contribution in [-0.2, 0) is 16.6 Å². The third-order valence-electron chi connectivity index (χ3n) is 3.40. The molecule has 5 heteroatoms. The second kappa shape index (κ2) is 5.38. The maximum absolute atomic E-state index is 12.4. The van der Waals surface area contributed by atoms with E-state index >= 15 is 0 Å². The van der Waals surface area contributed by atoms with Crippen LogP contribution >= 0.6 is 0 Å². The molecule has 0 saturated carbocycles. The third-order valence-corrected chi connectivity index (χ3v) is 5.43. The van der Waals surface area contributed by atoms with Gasteiger partial charge in [0.15, 0.2) is 0 Å². The Balaban J connectivity index is 2.24. The van der Waals surface area contributed by atoms with Crippen LogP contribution in [0.25, 0.3) is 0 Å². The molecule has 1 aliphatic rings. The zero-order valence-corrected chi connectivity index (χ0v) is 11.7. The monoisotopic (exact) mass is 268 g/mol. The van der Waals surface area contributed by atoms with E-state index < -0.39 is 10.0 Å². The molecule has 4 nitrogen and oxygen atoms in total. The highest BCUT2D eigenvalue weighted by Crippen LogP contribution is 2.25. The van der Waals surface area contributed by atoms with Crippen molar-refractivity contribution in [2.45, 2.75) is 37.2 Å². The Hall–Kier alpha value is -0.910. The van der Waals surface area contributed by atoms with Gasteiger partial charge in [-0.3, -0.25) is 0 Å². The molecule has 1 aromatic carbocycles. The molecule has 0 bridgehead atoms. The summed E-state index contributed by atoms with van der Waals surface area (Å²) < 4.78 is 26.5. The maximum Gasteiger partial charge on any atom is 0.243 e. The topological polar surface area (TPSA) is 49.4 Å². The Morgan fingerprint density at radius 1 is 1.33 bits per heavy atom. The summed E-state index contributed by atoms with van der Waals surface area (Å²) in [6, 6.07) is 7.25. The normalized spacial score (nSPS) is 21.3. The van der Waals surface area contributed by atoms with Gasteiger partial charge in [-0.2, -0.15) is 4.31 Å². The van der Waals surface area contributed by atoms with Crippen molar-refractivity contribution in [2.75, 3.05) is 13.6 Å². The number of hydrogen-bond acceptors (Lipinski definition) is 3. The molecule has 1 saturated heterocycles. The Morgan fingerprint density at radius 3 is 2.50 bits per heavy atom. The molecule has 1 unspecified atom stereocenters. The van der Waals surface area contributed by atoms with E-state index in [1.54, 1.807) is 16.4 Å². The van der Waals surface area contributed by atoms with Gasteiger partial charge in [0.25, 0.3) is 0 Å². The van der Waals surface area contributed by atoms with Crippen molar-refractivity contribution in [1.29, 1.82) is 0 Å². The number of rotatable bonds is 4.